The molecule has 0 atom stereocenters. The van der Waals surface area contributed by atoms with Crippen LogP contribution in [0.25, 0.3) is 0 Å². The van der Waals surface area contributed by atoms with Crippen molar-refractivity contribution in [2.24, 2.45) is 0 Å². The largest absolute Gasteiger partial charge is 0.460 e. The number of carbonyl (C=O) groups excluding carboxylic acids is 1. The number of nitrogens with one attached hydrogen (secondary N) is 1. The second-order valence-corrected chi connectivity index (χ2v) is 6.49. The van der Waals surface area contributed by atoms with Gasteiger partial charge < -0.3 is 4.74 Å². The number of hydrogen-bond donors (Lipinski definition) is 1. The summed E-state index contributed by atoms with van der Waals surface area (Å²) in [5.74, 6) is -0.732. The molecule has 0 aromatic heterocycles. The molecule has 9 heteroatoms. The van der Waals surface area contributed by atoms with Crippen LogP contribution in [-0.4, -0.2) is 25.9 Å². The molecule has 0 spiro atoms. The van der Waals surface area contributed by atoms with Gasteiger partial charge in [-0.25, -0.2) is 8.42 Å². The molecule has 8 nitrogen and oxygen atoms in total. The third kappa shape index (κ3) is 4.86. The molecule has 0 aliphatic carbocycles. The van der Waals surface area contributed by atoms with E-state index in [0.29, 0.717) is 0 Å². The lowest BCUT2D eigenvalue weighted by molar-refractivity contribution is -0.384. The quantitative estimate of drug-likeness (QED) is 0.461. The summed E-state index contributed by atoms with van der Waals surface area (Å²) in [6.45, 7) is -0.495. The average Bonchev–Trinajstić information content (AvgIpc) is 2.59. The van der Waals surface area contributed by atoms with Crippen LogP contribution in [-0.2, 0) is 26.2 Å². The second-order valence-electron chi connectivity index (χ2n) is 4.72. The third-order valence-electron chi connectivity index (χ3n) is 3.01. The lowest BCUT2D eigenvalue weighted by Crippen LogP contribution is -2.30. The van der Waals surface area contributed by atoms with Gasteiger partial charge in [-0.05, 0) is 17.7 Å². The van der Waals surface area contributed by atoms with E-state index in [1.165, 1.54) is 0 Å². The Hall–Kier alpha value is -2.78. The first-order valence-corrected chi connectivity index (χ1v) is 8.30. The summed E-state index contributed by atoms with van der Waals surface area (Å²) in [6.07, 6.45) is 0. The summed E-state index contributed by atoms with van der Waals surface area (Å²) in [5.41, 5.74) is 0.556. The number of sulfonamides is 1. The minimum absolute atomic E-state index is 0.0406. The highest BCUT2D eigenvalue weighted by atomic mass is 32.2. The minimum Gasteiger partial charge on any atom is -0.460 e. The lowest BCUT2D eigenvalue weighted by Gasteiger charge is -2.07. The SMILES string of the molecule is O=C(CNS(=O)(=O)c1ccc([N+](=O)[O-])cc1)OCc1ccccc1. The fourth-order valence-corrected chi connectivity index (χ4v) is 2.74. The fourth-order valence-electron chi connectivity index (χ4n) is 1.77. The highest BCUT2D eigenvalue weighted by molar-refractivity contribution is 7.89. The van der Waals surface area contributed by atoms with Gasteiger partial charge in [-0.2, -0.15) is 4.72 Å². The maximum atomic E-state index is 12.0. The van der Waals surface area contributed by atoms with Crippen molar-refractivity contribution < 1.29 is 22.9 Å². The van der Waals surface area contributed by atoms with Gasteiger partial charge in [0.1, 0.15) is 13.2 Å². The van der Waals surface area contributed by atoms with Gasteiger partial charge in [0.25, 0.3) is 5.69 Å². The molecule has 2 aromatic carbocycles. The Morgan fingerprint density at radius 3 is 2.29 bits per heavy atom. The number of esters is 1. The van der Waals surface area contributed by atoms with Crippen LogP contribution >= 0.6 is 0 Å². The molecule has 0 heterocycles. The van der Waals surface area contributed by atoms with Crippen LogP contribution in [0.2, 0.25) is 0 Å². The molecule has 126 valence electrons. The molecule has 24 heavy (non-hydrogen) atoms. The summed E-state index contributed by atoms with van der Waals surface area (Å²) >= 11 is 0. The van der Waals surface area contributed by atoms with E-state index < -0.39 is 27.5 Å². The monoisotopic (exact) mass is 350 g/mol. The van der Waals surface area contributed by atoms with Crippen LogP contribution < -0.4 is 4.72 Å². The number of rotatable bonds is 7. The van der Waals surface area contributed by atoms with Crippen LogP contribution in [0.3, 0.4) is 0 Å². The van der Waals surface area contributed by atoms with E-state index in [-0.39, 0.29) is 17.2 Å². The Morgan fingerprint density at radius 2 is 1.71 bits per heavy atom. The molecule has 0 unspecified atom stereocenters. The van der Waals surface area contributed by atoms with E-state index in [9.17, 15) is 23.3 Å². The Labute approximate surface area is 138 Å². The van der Waals surface area contributed by atoms with Crippen molar-refractivity contribution in [1.82, 2.24) is 4.72 Å². The van der Waals surface area contributed by atoms with E-state index in [4.69, 9.17) is 4.74 Å². The van der Waals surface area contributed by atoms with Crippen LogP contribution in [0.15, 0.2) is 59.5 Å². The molecule has 0 bridgehead atoms. The molecule has 2 rings (SSSR count). The van der Waals surface area contributed by atoms with Crippen molar-refractivity contribution in [3.05, 3.63) is 70.3 Å². The van der Waals surface area contributed by atoms with Crippen molar-refractivity contribution in [3.8, 4) is 0 Å². The van der Waals surface area contributed by atoms with Gasteiger partial charge >= 0.3 is 5.97 Å². The van der Waals surface area contributed by atoms with E-state index in [0.717, 1.165) is 29.8 Å². The van der Waals surface area contributed by atoms with E-state index in [2.05, 4.69) is 4.72 Å². The van der Waals surface area contributed by atoms with Crippen LogP contribution in [0.4, 0.5) is 5.69 Å². The number of benzene rings is 2. The number of ether oxygens (including phenoxy) is 1. The number of nitrogens with zero attached hydrogens (tertiary/aromatic N) is 1. The van der Waals surface area contributed by atoms with Crippen LogP contribution in [0.1, 0.15) is 5.56 Å². The smallest absolute Gasteiger partial charge is 0.321 e. The Bertz CT molecular complexity index is 819. The Morgan fingerprint density at radius 1 is 1.08 bits per heavy atom. The Balaban J connectivity index is 1.89. The normalized spacial score (nSPS) is 11.0. The predicted molar refractivity (Wildman–Crippen MR) is 84.5 cm³/mol. The van der Waals surface area contributed by atoms with Crippen molar-refractivity contribution in [2.75, 3.05) is 6.54 Å². The fraction of sp³-hybridized carbons (Fsp3) is 0.133. The van der Waals surface area contributed by atoms with Crippen molar-refractivity contribution >= 4 is 21.7 Å². The number of nitro groups is 1. The highest BCUT2D eigenvalue weighted by Gasteiger charge is 2.17. The topological polar surface area (TPSA) is 116 Å². The van der Waals surface area contributed by atoms with Crippen molar-refractivity contribution in [2.45, 2.75) is 11.5 Å². The summed E-state index contributed by atoms with van der Waals surface area (Å²) in [4.78, 5) is 21.3. The second kappa shape index (κ2) is 7.66. The maximum Gasteiger partial charge on any atom is 0.321 e. The lowest BCUT2D eigenvalue weighted by atomic mass is 10.2. The number of nitro benzene ring substituents is 1. The molecule has 0 saturated carbocycles. The summed E-state index contributed by atoms with van der Waals surface area (Å²) < 4.78 is 31.0. The van der Waals surface area contributed by atoms with Gasteiger partial charge in [-0.15, -0.1) is 0 Å². The standard InChI is InChI=1S/C15H14N2O6S/c18-15(23-11-12-4-2-1-3-5-12)10-16-24(21,22)14-8-6-13(7-9-14)17(19)20/h1-9,16H,10-11H2. The molecule has 0 radical (unpaired) electrons. The number of carbonyl (C=O) groups is 1. The van der Waals surface area contributed by atoms with E-state index in [1.54, 1.807) is 24.3 Å². The van der Waals surface area contributed by atoms with Gasteiger partial charge in [0.2, 0.25) is 10.0 Å². The molecular weight excluding hydrogens is 336 g/mol. The number of non-ortho nitro benzene ring substituents is 1. The number of hydrogen-bond acceptors (Lipinski definition) is 6. The van der Waals surface area contributed by atoms with Crippen molar-refractivity contribution in [3.63, 3.8) is 0 Å². The van der Waals surface area contributed by atoms with E-state index in [1.807, 2.05) is 6.07 Å². The molecule has 0 amide bonds. The summed E-state index contributed by atoms with van der Waals surface area (Å²) in [6, 6.07) is 13.3. The zero-order valence-electron chi connectivity index (χ0n) is 12.4. The molecule has 0 saturated heterocycles. The maximum absolute atomic E-state index is 12.0. The molecular formula is C15H14N2O6S. The molecule has 2 aromatic rings. The first-order chi connectivity index (χ1) is 11.4. The van der Waals surface area contributed by atoms with Gasteiger partial charge in [0, 0.05) is 12.1 Å². The third-order valence-corrected chi connectivity index (χ3v) is 4.42. The molecule has 0 aliphatic rings. The summed E-state index contributed by atoms with van der Waals surface area (Å²) in [7, 11) is -3.95. The van der Waals surface area contributed by atoms with Gasteiger partial charge in [-0.1, -0.05) is 30.3 Å². The van der Waals surface area contributed by atoms with Gasteiger partial charge in [0.15, 0.2) is 0 Å². The zero-order chi connectivity index (χ0) is 17.6. The minimum atomic E-state index is -3.95. The molecule has 0 aliphatic heterocycles. The van der Waals surface area contributed by atoms with Gasteiger partial charge in [0.05, 0.1) is 9.82 Å². The van der Waals surface area contributed by atoms with Crippen LogP contribution in [0, 0.1) is 10.1 Å². The highest BCUT2D eigenvalue weighted by Crippen LogP contribution is 2.15. The first-order valence-electron chi connectivity index (χ1n) is 6.82. The first kappa shape index (κ1) is 17.6. The zero-order valence-corrected chi connectivity index (χ0v) is 13.2. The van der Waals surface area contributed by atoms with Crippen LogP contribution in [0.5, 0.6) is 0 Å². The van der Waals surface area contributed by atoms with E-state index >= 15 is 0 Å². The average molecular weight is 350 g/mol. The predicted octanol–water partition coefficient (Wildman–Crippen LogP) is 1.62. The Kier molecular flexibility index (Phi) is 5.61. The summed E-state index contributed by atoms with van der Waals surface area (Å²) in [5, 5.41) is 10.5. The molecule has 0 fully saturated rings. The molecule has 1 N–H and O–H groups in total. The van der Waals surface area contributed by atoms with Crippen molar-refractivity contribution in [1.29, 1.82) is 0 Å². The van der Waals surface area contributed by atoms with Gasteiger partial charge in [-0.3, -0.25) is 14.9 Å².